The molecule has 120 valence electrons. The molecule has 1 aromatic carbocycles. The molecule has 23 heavy (non-hydrogen) atoms. The first-order valence-corrected chi connectivity index (χ1v) is 8.05. The SMILES string of the molecule is C=CC(=O)NCC(=O)N1CCC2(C1)C(=O)Nc1cc(Br)ccc12. The number of hydrogen-bond acceptors (Lipinski definition) is 3. The molecule has 3 amide bonds. The Morgan fingerprint density at radius 1 is 1.48 bits per heavy atom. The first kappa shape index (κ1) is 15.7. The molecule has 1 aromatic rings. The topological polar surface area (TPSA) is 78.5 Å². The van der Waals surface area contributed by atoms with Gasteiger partial charge in [-0.2, -0.15) is 0 Å². The second-order valence-corrected chi connectivity index (χ2v) is 6.63. The Bertz CT molecular complexity index is 719. The minimum Gasteiger partial charge on any atom is -0.343 e. The molecule has 1 fully saturated rings. The van der Waals surface area contributed by atoms with Crippen molar-refractivity contribution >= 4 is 39.3 Å². The number of halogens is 1. The summed E-state index contributed by atoms with van der Waals surface area (Å²) >= 11 is 3.39. The molecule has 2 aliphatic heterocycles. The molecule has 2 heterocycles. The van der Waals surface area contributed by atoms with Crippen molar-refractivity contribution in [1.29, 1.82) is 0 Å². The van der Waals surface area contributed by atoms with Crippen LogP contribution in [-0.4, -0.2) is 42.3 Å². The summed E-state index contributed by atoms with van der Waals surface area (Å²) in [5, 5.41) is 5.37. The Kier molecular flexibility index (Phi) is 3.97. The Balaban J connectivity index is 1.77. The van der Waals surface area contributed by atoms with Crippen molar-refractivity contribution in [2.24, 2.45) is 0 Å². The number of anilines is 1. The van der Waals surface area contributed by atoms with Gasteiger partial charge in [0.05, 0.1) is 12.0 Å². The lowest BCUT2D eigenvalue weighted by atomic mass is 9.81. The highest BCUT2D eigenvalue weighted by Crippen LogP contribution is 2.44. The molecule has 2 N–H and O–H groups in total. The summed E-state index contributed by atoms with van der Waals surface area (Å²) in [7, 11) is 0. The number of nitrogens with zero attached hydrogens (tertiary/aromatic N) is 1. The predicted octanol–water partition coefficient (Wildman–Crippen LogP) is 1.17. The van der Waals surface area contributed by atoms with Gasteiger partial charge in [-0.3, -0.25) is 14.4 Å². The zero-order valence-corrected chi connectivity index (χ0v) is 14.0. The van der Waals surface area contributed by atoms with E-state index in [1.165, 1.54) is 0 Å². The van der Waals surface area contributed by atoms with Crippen LogP contribution in [0.25, 0.3) is 0 Å². The van der Waals surface area contributed by atoms with Gasteiger partial charge in [-0.25, -0.2) is 0 Å². The molecule has 7 heteroatoms. The molecule has 1 unspecified atom stereocenters. The van der Waals surface area contributed by atoms with Gasteiger partial charge in [0, 0.05) is 23.2 Å². The van der Waals surface area contributed by atoms with Gasteiger partial charge in [0.15, 0.2) is 0 Å². The number of amides is 3. The highest BCUT2D eigenvalue weighted by Gasteiger charge is 2.51. The molecule has 1 atom stereocenters. The van der Waals surface area contributed by atoms with E-state index in [4.69, 9.17) is 0 Å². The van der Waals surface area contributed by atoms with E-state index >= 15 is 0 Å². The van der Waals surface area contributed by atoms with Crippen LogP contribution in [0.5, 0.6) is 0 Å². The first-order chi connectivity index (χ1) is 11.0. The molecule has 0 aromatic heterocycles. The summed E-state index contributed by atoms with van der Waals surface area (Å²) < 4.78 is 0.895. The van der Waals surface area contributed by atoms with E-state index in [1.54, 1.807) is 4.90 Å². The van der Waals surface area contributed by atoms with E-state index in [9.17, 15) is 14.4 Å². The van der Waals surface area contributed by atoms with Crippen molar-refractivity contribution in [2.75, 3.05) is 25.0 Å². The second kappa shape index (κ2) is 5.81. The van der Waals surface area contributed by atoms with Gasteiger partial charge >= 0.3 is 0 Å². The van der Waals surface area contributed by atoms with Crippen LogP contribution in [0.3, 0.4) is 0 Å². The minimum atomic E-state index is -0.686. The molecule has 2 aliphatic rings. The van der Waals surface area contributed by atoms with E-state index in [0.29, 0.717) is 19.5 Å². The standard InChI is InChI=1S/C16H16BrN3O3/c1-2-13(21)18-8-14(22)20-6-5-16(9-20)11-4-3-10(17)7-12(11)19-15(16)23/h2-4,7H,1,5-6,8-9H2,(H,18,21)(H,19,23). The van der Waals surface area contributed by atoms with Crippen LogP contribution in [0, 0.1) is 0 Å². The molecule has 0 radical (unpaired) electrons. The summed E-state index contributed by atoms with van der Waals surface area (Å²) in [6, 6.07) is 5.69. The quantitative estimate of drug-likeness (QED) is 0.776. The van der Waals surface area contributed by atoms with Gasteiger partial charge in [0.2, 0.25) is 17.7 Å². The zero-order chi connectivity index (χ0) is 16.6. The number of likely N-dealkylation sites (tertiary alicyclic amines) is 1. The lowest BCUT2D eigenvalue weighted by Crippen LogP contribution is -2.42. The number of carbonyl (C=O) groups excluding carboxylic acids is 3. The van der Waals surface area contributed by atoms with Crippen molar-refractivity contribution in [1.82, 2.24) is 10.2 Å². The molecular formula is C16H16BrN3O3. The third-order valence-corrected chi connectivity index (χ3v) is 4.89. The number of hydrogen-bond donors (Lipinski definition) is 2. The van der Waals surface area contributed by atoms with Crippen LogP contribution in [0.1, 0.15) is 12.0 Å². The lowest BCUT2D eigenvalue weighted by molar-refractivity contribution is -0.131. The third kappa shape index (κ3) is 2.65. The van der Waals surface area contributed by atoms with Crippen LogP contribution in [0.4, 0.5) is 5.69 Å². The Morgan fingerprint density at radius 2 is 2.26 bits per heavy atom. The van der Waals surface area contributed by atoms with Crippen LogP contribution >= 0.6 is 15.9 Å². The predicted molar refractivity (Wildman–Crippen MR) is 88.9 cm³/mol. The van der Waals surface area contributed by atoms with E-state index in [1.807, 2.05) is 18.2 Å². The summed E-state index contributed by atoms with van der Waals surface area (Å²) in [5.74, 6) is -0.660. The van der Waals surface area contributed by atoms with Crippen LogP contribution in [0.15, 0.2) is 35.3 Å². The Morgan fingerprint density at radius 3 is 3.00 bits per heavy atom. The van der Waals surface area contributed by atoms with Crippen LogP contribution < -0.4 is 10.6 Å². The van der Waals surface area contributed by atoms with Gasteiger partial charge in [-0.1, -0.05) is 28.6 Å². The maximum Gasteiger partial charge on any atom is 0.243 e. The number of fused-ring (bicyclic) bond motifs is 2. The molecular weight excluding hydrogens is 362 g/mol. The molecule has 6 nitrogen and oxygen atoms in total. The molecule has 3 rings (SSSR count). The van der Waals surface area contributed by atoms with Crippen molar-refractivity contribution in [3.05, 3.63) is 40.9 Å². The molecule has 0 bridgehead atoms. The van der Waals surface area contributed by atoms with Gasteiger partial charge in [0.25, 0.3) is 0 Å². The minimum absolute atomic E-state index is 0.0731. The summed E-state index contributed by atoms with van der Waals surface area (Å²) in [5.41, 5.74) is 1.03. The van der Waals surface area contributed by atoms with E-state index in [2.05, 4.69) is 33.1 Å². The van der Waals surface area contributed by atoms with Crippen LogP contribution in [-0.2, 0) is 19.8 Å². The van der Waals surface area contributed by atoms with Crippen molar-refractivity contribution in [3.63, 3.8) is 0 Å². The average molecular weight is 378 g/mol. The first-order valence-electron chi connectivity index (χ1n) is 7.26. The Hall–Kier alpha value is -2.15. The van der Waals surface area contributed by atoms with E-state index in [-0.39, 0.29) is 24.3 Å². The summed E-state index contributed by atoms with van der Waals surface area (Å²) in [6.07, 6.45) is 1.70. The normalized spacial score (nSPS) is 22.0. The summed E-state index contributed by atoms with van der Waals surface area (Å²) in [6.45, 7) is 4.08. The zero-order valence-electron chi connectivity index (χ0n) is 12.4. The fourth-order valence-corrected chi connectivity index (χ4v) is 3.54. The summed E-state index contributed by atoms with van der Waals surface area (Å²) in [4.78, 5) is 37.5. The maximum absolute atomic E-state index is 12.5. The molecule has 1 saturated heterocycles. The maximum atomic E-state index is 12.5. The van der Waals surface area contributed by atoms with Gasteiger partial charge in [0.1, 0.15) is 0 Å². The highest BCUT2D eigenvalue weighted by atomic mass is 79.9. The van der Waals surface area contributed by atoms with E-state index < -0.39 is 5.41 Å². The number of carbonyl (C=O) groups is 3. The fraction of sp³-hybridized carbons (Fsp3) is 0.312. The number of benzene rings is 1. The third-order valence-electron chi connectivity index (χ3n) is 4.40. The van der Waals surface area contributed by atoms with Crippen molar-refractivity contribution < 1.29 is 14.4 Å². The highest BCUT2D eigenvalue weighted by molar-refractivity contribution is 9.10. The average Bonchev–Trinajstić information content (AvgIpc) is 3.08. The lowest BCUT2D eigenvalue weighted by Gasteiger charge is -2.22. The molecule has 0 aliphatic carbocycles. The number of rotatable bonds is 3. The molecule has 0 saturated carbocycles. The second-order valence-electron chi connectivity index (χ2n) is 5.71. The van der Waals surface area contributed by atoms with Gasteiger partial charge in [-0.15, -0.1) is 0 Å². The smallest absolute Gasteiger partial charge is 0.243 e. The molecule has 1 spiro atoms. The number of nitrogens with one attached hydrogen (secondary N) is 2. The van der Waals surface area contributed by atoms with Gasteiger partial charge in [-0.05, 0) is 30.2 Å². The van der Waals surface area contributed by atoms with Gasteiger partial charge < -0.3 is 15.5 Å². The van der Waals surface area contributed by atoms with E-state index in [0.717, 1.165) is 21.8 Å². The largest absolute Gasteiger partial charge is 0.343 e. The Labute approximate surface area is 142 Å². The fourth-order valence-electron chi connectivity index (χ4n) is 3.18. The monoisotopic (exact) mass is 377 g/mol. The van der Waals surface area contributed by atoms with Crippen molar-refractivity contribution in [2.45, 2.75) is 11.8 Å². The van der Waals surface area contributed by atoms with Crippen molar-refractivity contribution in [3.8, 4) is 0 Å². The van der Waals surface area contributed by atoms with Crippen LogP contribution in [0.2, 0.25) is 0 Å².